The fourth-order valence-corrected chi connectivity index (χ4v) is 1.78. The summed E-state index contributed by atoms with van der Waals surface area (Å²) in [5.74, 6) is 0.124. The number of nitrogens with one attached hydrogen (secondary N) is 1. The molecule has 104 valence electrons. The van der Waals surface area contributed by atoms with E-state index in [-0.39, 0.29) is 18.0 Å². The number of nitro groups is 1. The Morgan fingerprint density at radius 1 is 1.40 bits per heavy atom. The minimum atomic E-state index is -0.511. The lowest BCUT2D eigenvalue weighted by Gasteiger charge is -2.08. The highest BCUT2D eigenvalue weighted by Gasteiger charge is 2.15. The molecule has 2 aromatic rings. The summed E-state index contributed by atoms with van der Waals surface area (Å²) in [4.78, 5) is 14.5. The zero-order valence-electron chi connectivity index (χ0n) is 10.7. The summed E-state index contributed by atoms with van der Waals surface area (Å²) < 4.78 is 5.45. The normalized spacial score (nSPS) is 10.1. The number of benzene rings is 1. The smallest absolute Gasteiger partial charge is 0.311 e. The van der Waals surface area contributed by atoms with E-state index in [2.05, 4.69) is 10.3 Å². The zero-order valence-corrected chi connectivity index (χ0v) is 11.4. The third-order valence-electron chi connectivity index (χ3n) is 2.60. The van der Waals surface area contributed by atoms with Crippen LogP contribution < -0.4 is 10.1 Å². The molecule has 0 bridgehead atoms. The fourth-order valence-electron chi connectivity index (χ4n) is 1.62. The Hall–Kier alpha value is -2.34. The average molecular weight is 294 g/mol. The summed E-state index contributed by atoms with van der Waals surface area (Å²) in [6, 6.07) is 7.80. The highest BCUT2D eigenvalue weighted by atomic mass is 35.5. The topological polar surface area (TPSA) is 77.3 Å². The maximum atomic E-state index is 10.9. The SMILES string of the molecule is CNc1ccnc(COc2cc(Cl)ccc2[N+](=O)[O-])c1. The summed E-state index contributed by atoms with van der Waals surface area (Å²) in [5.41, 5.74) is 1.42. The number of hydrogen-bond donors (Lipinski definition) is 1. The first-order chi connectivity index (χ1) is 9.60. The lowest BCUT2D eigenvalue weighted by Crippen LogP contribution is -2.01. The molecule has 20 heavy (non-hydrogen) atoms. The largest absolute Gasteiger partial charge is 0.480 e. The monoisotopic (exact) mass is 293 g/mol. The second kappa shape index (κ2) is 6.21. The molecule has 0 aliphatic carbocycles. The third kappa shape index (κ3) is 3.36. The lowest BCUT2D eigenvalue weighted by atomic mass is 10.3. The maximum Gasteiger partial charge on any atom is 0.311 e. The second-order valence-corrected chi connectivity index (χ2v) is 4.38. The van der Waals surface area contributed by atoms with Crippen LogP contribution in [0.15, 0.2) is 36.5 Å². The van der Waals surface area contributed by atoms with Gasteiger partial charge in [-0.1, -0.05) is 11.6 Å². The Morgan fingerprint density at radius 3 is 2.90 bits per heavy atom. The minimum absolute atomic E-state index is 0.122. The Labute approximate surface area is 120 Å². The Morgan fingerprint density at radius 2 is 2.20 bits per heavy atom. The first-order valence-electron chi connectivity index (χ1n) is 5.79. The van der Waals surface area contributed by atoms with Crippen LogP contribution in [0, 0.1) is 10.1 Å². The molecule has 6 nitrogen and oxygen atoms in total. The van der Waals surface area contributed by atoms with Gasteiger partial charge in [-0.15, -0.1) is 0 Å². The molecule has 1 N–H and O–H groups in total. The standard InChI is InChI=1S/C13H12ClN3O3/c1-15-10-4-5-16-11(7-10)8-20-13-6-9(14)2-3-12(13)17(18)19/h2-7H,8H2,1H3,(H,15,16). The molecule has 0 saturated heterocycles. The summed E-state index contributed by atoms with van der Waals surface area (Å²) >= 11 is 5.82. The van der Waals surface area contributed by atoms with Gasteiger partial charge in [-0.25, -0.2) is 0 Å². The van der Waals surface area contributed by atoms with E-state index in [4.69, 9.17) is 16.3 Å². The predicted molar refractivity (Wildman–Crippen MR) is 76.2 cm³/mol. The van der Waals surface area contributed by atoms with Crippen LogP contribution >= 0.6 is 11.6 Å². The van der Waals surface area contributed by atoms with Crippen molar-refractivity contribution in [2.75, 3.05) is 12.4 Å². The van der Waals surface area contributed by atoms with E-state index in [1.165, 1.54) is 18.2 Å². The van der Waals surface area contributed by atoms with Gasteiger partial charge >= 0.3 is 5.69 Å². The number of nitrogens with zero attached hydrogens (tertiary/aromatic N) is 2. The van der Waals surface area contributed by atoms with Gasteiger partial charge in [-0.05, 0) is 18.2 Å². The van der Waals surface area contributed by atoms with E-state index in [1.54, 1.807) is 19.3 Å². The molecule has 0 aliphatic heterocycles. The summed E-state index contributed by atoms with van der Waals surface area (Å²) in [6.45, 7) is 0.122. The van der Waals surface area contributed by atoms with E-state index in [1.807, 2.05) is 6.07 Å². The molecular weight excluding hydrogens is 282 g/mol. The Kier molecular flexibility index (Phi) is 4.37. The van der Waals surface area contributed by atoms with Gasteiger partial charge in [0.05, 0.1) is 10.6 Å². The van der Waals surface area contributed by atoms with Gasteiger partial charge in [-0.2, -0.15) is 0 Å². The molecule has 1 heterocycles. The quantitative estimate of drug-likeness (QED) is 0.676. The zero-order chi connectivity index (χ0) is 14.5. The number of hydrogen-bond acceptors (Lipinski definition) is 5. The van der Waals surface area contributed by atoms with Crippen molar-refractivity contribution >= 4 is 23.0 Å². The van der Waals surface area contributed by atoms with Gasteiger partial charge in [0, 0.05) is 36.1 Å². The van der Waals surface area contributed by atoms with Crippen molar-refractivity contribution in [3.05, 3.63) is 57.4 Å². The predicted octanol–water partition coefficient (Wildman–Crippen LogP) is 3.26. The molecule has 0 atom stereocenters. The summed E-state index contributed by atoms with van der Waals surface area (Å²) in [7, 11) is 1.79. The van der Waals surface area contributed by atoms with Crippen molar-refractivity contribution in [1.82, 2.24) is 4.98 Å². The van der Waals surface area contributed by atoms with Crippen LogP contribution in [0.1, 0.15) is 5.69 Å². The summed E-state index contributed by atoms with van der Waals surface area (Å²) in [6.07, 6.45) is 1.64. The average Bonchev–Trinajstić information content (AvgIpc) is 2.45. The van der Waals surface area contributed by atoms with Gasteiger partial charge in [0.25, 0.3) is 0 Å². The van der Waals surface area contributed by atoms with Crippen molar-refractivity contribution in [1.29, 1.82) is 0 Å². The molecule has 0 unspecified atom stereocenters. The molecule has 0 aliphatic rings. The number of aromatic nitrogens is 1. The van der Waals surface area contributed by atoms with E-state index >= 15 is 0 Å². The molecule has 0 amide bonds. The fraction of sp³-hybridized carbons (Fsp3) is 0.154. The van der Waals surface area contributed by atoms with Crippen LogP contribution in [0.4, 0.5) is 11.4 Å². The van der Waals surface area contributed by atoms with Gasteiger partial charge in [0.15, 0.2) is 5.75 Å². The lowest BCUT2D eigenvalue weighted by molar-refractivity contribution is -0.385. The highest BCUT2D eigenvalue weighted by Crippen LogP contribution is 2.30. The number of pyridine rings is 1. The van der Waals surface area contributed by atoms with Crippen LogP contribution in [0.25, 0.3) is 0 Å². The molecule has 2 rings (SSSR count). The van der Waals surface area contributed by atoms with E-state index in [0.29, 0.717) is 10.7 Å². The number of halogens is 1. The minimum Gasteiger partial charge on any atom is -0.480 e. The van der Waals surface area contributed by atoms with Gasteiger partial charge < -0.3 is 10.1 Å². The molecule has 0 saturated carbocycles. The first-order valence-corrected chi connectivity index (χ1v) is 6.17. The molecule has 0 fully saturated rings. The van der Waals surface area contributed by atoms with Crippen molar-refractivity contribution < 1.29 is 9.66 Å². The van der Waals surface area contributed by atoms with Crippen molar-refractivity contribution in [2.45, 2.75) is 6.61 Å². The van der Waals surface area contributed by atoms with Crippen molar-refractivity contribution in [2.24, 2.45) is 0 Å². The van der Waals surface area contributed by atoms with Crippen molar-refractivity contribution in [3.63, 3.8) is 0 Å². The molecule has 1 aromatic heterocycles. The number of nitro benzene ring substituents is 1. The Bertz CT molecular complexity index is 634. The number of anilines is 1. The molecule has 1 aromatic carbocycles. The van der Waals surface area contributed by atoms with E-state index in [9.17, 15) is 10.1 Å². The maximum absolute atomic E-state index is 10.9. The molecule has 7 heteroatoms. The van der Waals surface area contributed by atoms with Crippen LogP contribution in [0.2, 0.25) is 5.02 Å². The van der Waals surface area contributed by atoms with E-state index in [0.717, 1.165) is 5.69 Å². The van der Waals surface area contributed by atoms with Crippen LogP contribution in [0.3, 0.4) is 0 Å². The van der Waals surface area contributed by atoms with Gasteiger partial charge in [-0.3, -0.25) is 15.1 Å². The third-order valence-corrected chi connectivity index (χ3v) is 2.83. The molecular formula is C13H12ClN3O3. The second-order valence-electron chi connectivity index (χ2n) is 3.94. The molecule has 0 radical (unpaired) electrons. The summed E-state index contributed by atoms with van der Waals surface area (Å²) in [5, 5.41) is 14.3. The number of ether oxygens (including phenoxy) is 1. The van der Waals surface area contributed by atoms with Crippen LogP contribution in [-0.2, 0) is 6.61 Å². The van der Waals surface area contributed by atoms with Crippen LogP contribution in [-0.4, -0.2) is 17.0 Å². The molecule has 0 spiro atoms. The van der Waals surface area contributed by atoms with Crippen LogP contribution in [0.5, 0.6) is 5.75 Å². The van der Waals surface area contributed by atoms with Gasteiger partial charge in [0.1, 0.15) is 6.61 Å². The van der Waals surface area contributed by atoms with E-state index < -0.39 is 4.92 Å². The Balaban J connectivity index is 2.17. The number of rotatable bonds is 5. The van der Waals surface area contributed by atoms with Gasteiger partial charge in [0.2, 0.25) is 0 Å². The first kappa shape index (κ1) is 14.1. The van der Waals surface area contributed by atoms with Crippen molar-refractivity contribution in [3.8, 4) is 5.75 Å². The highest BCUT2D eigenvalue weighted by molar-refractivity contribution is 6.30.